The van der Waals surface area contributed by atoms with E-state index < -0.39 is 0 Å². The Hall–Kier alpha value is -2.69. The molecule has 1 amide bonds. The minimum Gasteiger partial charge on any atom is -0.354 e. The maximum atomic E-state index is 12.4. The average Bonchev–Trinajstić information content (AvgIpc) is 2.69. The van der Waals surface area contributed by atoms with Gasteiger partial charge in [-0.3, -0.25) is 4.79 Å². The van der Waals surface area contributed by atoms with E-state index in [4.69, 9.17) is 0 Å². The summed E-state index contributed by atoms with van der Waals surface area (Å²) in [4.78, 5) is 20.9. The number of carbonyl (C=O) groups is 1. The van der Waals surface area contributed by atoms with Crippen LogP contribution >= 0.6 is 0 Å². The van der Waals surface area contributed by atoms with Gasteiger partial charge in [0.1, 0.15) is 5.69 Å². The SMILES string of the molecule is CCc1ccc(NC(=O)c2ccnc(NCCC3=CCCCC3)n2)cc1. The van der Waals surface area contributed by atoms with Crippen molar-refractivity contribution in [3.8, 4) is 0 Å². The predicted octanol–water partition coefficient (Wildman–Crippen LogP) is 4.59. The van der Waals surface area contributed by atoms with E-state index in [9.17, 15) is 4.79 Å². The molecule has 0 spiro atoms. The van der Waals surface area contributed by atoms with Gasteiger partial charge in [0.05, 0.1) is 0 Å². The number of aromatic nitrogens is 2. The molecule has 2 N–H and O–H groups in total. The Labute approximate surface area is 155 Å². The molecule has 1 aliphatic carbocycles. The Morgan fingerprint density at radius 1 is 1.15 bits per heavy atom. The maximum Gasteiger partial charge on any atom is 0.274 e. The number of nitrogens with one attached hydrogen (secondary N) is 2. The van der Waals surface area contributed by atoms with Gasteiger partial charge < -0.3 is 10.6 Å². The van der Waals surface area contributed by atoms with Gasteiger partial charge in [0.25, 0.3) is 5.91 Å². The molecule has 0 saturated heterocycles. The molecule has 3 rings (SSSR count). The number of hydrogen-bond donors (Lipinski definition) is 2. The monoisotopic (exact) mass is 350 g/mol. The number of nitrogens with zero attached hydrogens (tertiary/aromatic N) is 2. The fourth-order valence-electron chi connectivity index (χ4n) is 3.06. The van der Waals surface area contributed by atoms with E-state index in [1.54, 1.807) is 12.3 Å². The highest BCUT2D eigenvalue weighted by molar-refractivity contribution is 6.02. The van der Waals surface area contributed by atoms with Crippen molar-refractivity contribution < 1.29 is 4.79 Å². The van der Waals surface area contributed by atoms with Gasteiger partial charge in [0.2, 0.25) is 5.95 Å². The summed E-state index contributed by atoms with van der Waals surface area (Å²) in [6, 6.07) is 9.49. The van der Waals surface area contributed by atoms with E-state index in [-0.39, 0.29) is 5.91 Å². The Morgan fingerprint density at radius 2 is 2.00 bits per heavy atom. The summed E-state index contributed by atoms with van der Waals surface area (Å²) in [5.74, 6) is 0.269. The average molecular weight is 350 g/mol. The minimum atomic E-state index is -0.227. The molecule has 1 aliphatic rings. The first kappa shape index (κ1) is 18.1. The highest BCUT2D eigenvalue weighted by atomic mass is 16.1. The van der Waals surface area contributed by atoms with Gasteiger partial charge in [0.15, 0.2) is 0 Å². The molecule has 5 heteroatoms. The topological polar surface area (TPSA) is 66.9 Å². The molecule has 0 fully saturated rings. The zero-order chi connectivity index (χ0) is 18.2. The number of hydrogen-bond acceptors (Lipinski definition) is 4. The first-order valence-electron chi connectivity index (χ1n) is 9.39. The van der Waals surface area contributed by atoms with Crippen LogP contribution in [0, 0.1) is 0 Å². The second kappa shape index (κ2) is 9.13. The number of amides is 1. The highest BCUT2D eigenvalue weighted by Crippen LogP contribution is 2.19. The van der Waals surface area contributed by atoms with E-state index in [2.05, 4.69) is 33.6 Å². The van der Waals surface area contributed by atoms with Crippen LogP contribution in [0.4, 0.5) is 11.6 Å². The summed E-state index contributed by atoms with van der Waals surface area (Å²) < 4.78 is 0. The van der Waals surface area contributed by atoms with Crippen LogP contribution in [0.5, 0.6) is 0 Å². The maximum absolute atomic E-state index is 12.4. The molecule has 26 heavy (non-hydrogen) atoms. The van der Waals surface area contributed by atoms with Crippen LogP contribution in [0.2, 0.25) is 0 Å². The summed E-state index contributed by atoms with van der Waals surface area (Å²) in [6.07, 6.45) is 10.9. The number of carbonyl (C=O) groups excluding carboxylic acids is 1. The second-order valence-electron chi connectivity index (χ2n) is 6.56. The number of allylic oxidation sites excluding steroid dienone is 1. The molecule has 2 aromatic rings. The van der Waals surface area contributed by atoms with E-state index in [0.717, 1.165) is 25.1 Å². The van der Waals surface area contributed by atoms with Crippen LogP contribution in [0.1, 0.15) is 55.1 Å². The lowest BCUT2D eigenvalue weighted by Gasteiger charge is -2.13. The van der Waals surface area contributed by atoms with E-state index in [1.807, 2.05) is 24.3 Å². The molecule has 0 radical (unpaired) electrons. The molecule has 1 heterocycles. The van der Waals surface area contributed by atoms with Crippen molar-refractivity contribution in [2.75, 3.05) is 17.2 Å². The molecule has 0 unspecified atom stereocenters. The van der Waals surface area contributed by atoms with E-state index in [0.29, 0.717) is 11.6 Å². The molecular formula is C21H26N4O. The van der Waals surface area contributed by atoms with Crippen LogP contribution in [0.15, 0.2) is 48.2 Å². The zero-order valence-electron chi connectivity index (χ0n) is 15.3. The van der Waals surface area contributed by atoms with Crippen molar-refractivity contribution in [2.24, 2.45) is 0 Å². The van der Waals surface area contributed by atoms with Gasteiger partial charge in [-0.1, -0.05) is 30.7 Å². The standard InChI is InChI=1S/C21H26N4O/c1-2-16-8-10-18(11-9-16)24-20(26)19-13-15-23-21(25-19)22-14-12-17-6-4-3-5-7-17/h6,8-11,13,15H,2-5,7,12,14H2,1H3,(H,24,26)(H,22,23,25). The lowest BCUT2D eigenvalue weighted by molar-refractivity contribution is 0.102. The summed E-state index contributed by atoms with van der Waals surface area (Å²) in [7, 11) is 0. The molecule has 1 aromatic heterocycles. The van der Waals surface area contributed by atoms with Gasteiger partial charge in [-0.2, -0.15) is 0 Å². The molecule has 0 bridgehead atoms. The fraction of sp³-hybridized carbons (Fsp3) is 0.381. The molecular weight excluding hydrogens is 324 g/mol. The first-order chi connectivity index (χ1) is 12.7. The third-order valence-corrected chi connectivity index (χ3v) is 4.62. The third kappa shape index (κ3) is 5.15. The Morgan fingerprint density at radius 3 is 2.73 bits per heavy atom. The van der Waals surface area contributed by atoms with E-state index >= 15 is 0 Å². The third-order valence-electron chi connectivity index (χ3n) is 4.62. The Balaban J connectivity index is 1.55. The second-order valence-corrected chi connectivity index (χ2v) is 6.56. The van der Waals surface area contributed by atoms with Crippen LogP contribution < -0.4 is 10.6 Å². The minimum absolute atomic E-state index is 0.227. The molecule has 0 saturated carbocycles. The zero-order valence-corrected chi connectivity index (χ0v) is 15.3. The molecule has 1 aromatic carbocycles. The van der Waals surface area contributed by atoms with Crippen molar-refractivity contribution in [1.82, 2.24) is 9.97 Å². The quantitative estimate of drug-likeness (QED) is 0.717. The number of benzene rings is 1. The fourth-order valence-corrected chi connectivity index (χ4v) is 3.06. The highest BCUT2D eigenvalue weighted by Gasteiger charge is 2.10. The number of rotatable bonds is 7. The lowest BCUT2D eigenvalue weighted by Crippen LogP contribution is -2.15. The molecule has 136 valence electrons. The Kier molecular flexibility index (Phi) is 6.36. The Bertz CT molecular complexity index is 768. The van der Waals surface area contributed by atoms with Crippen LogP contribution in [0.3, 0.4) is 0 Å². The number of aryl methyl sites for hydroxylation is 1. The van der Waals surface area contributed by atoms with Gasteiger partial charge in [-0.05, 0) is 62.3 Å². The lowest BCUT2D eigenvalue weighted by atomic mass is 9.97. The first-order valence-corrected chi connectivity index (χ1v) is 9.39. The molecule has 0 atom stereocenters. The van der Waals surface area contributed by atoms with Gasteiger partial charge in [0, 0.05) is 18.4 Å². The summed E-state index contributed by atoms with van der Waals surface area (Å²) >= 11 is 0. The predicted molar refractivity (Wildman–Crippen MR) is 105 cm³/mol. The van der Waals surface area contributed by atoms with Gasteiger partial charge in [-0.15, -0.1) is 0 Å². The molecule has 5 nitrogen and oxygen atoms in total. The van der Waals surface area contributed by atoms with Crippen molar-refractivity contribution >= 4 is 17.5 Å². The largest absolute Gasteiger partial charge is 0.354 e. The summed E-state index contributed by atoms with van der Waals surface area (Å²) in [5, 5.41) is 6.10. The van der Waals surface area contributed by atoms with Crippen molar-refractivity contribution in [3.05, 3.63) is 59.4 Å². The van der Waals surface area contributed by atoms with E-state index in [1.165, 1.54) is 36.8 Å². The van der Waals surface area contributed by atoms with Crippen LogP contribution in [-0.2, 0) is 6.42 Å². The van der Waals surface area contributed by atoms with Gasteiger partial charge >= 0.3 is 0 Å². The van der Waals surface area contributed by atoms with Crippen molar-refractivity contribution in [3.63, 3.8) is 0 Å². The summed E-state index contributed by atoms with van der Waals surface area (Å²) in [6.45, 7) is 2.89. The van der Waals surface area contributed by atoms with Crippen LogP contribution in [-0.4, -0.2) is 22.4 Å². The van der Waals surface area contributed by atoms with Gasteiger partial charge in [-0.25, -0.2) is 9.97 Å². The normalized spacial score (nSPS) is 13.8. The number of anilines is 2. The molecule has 0 aliphatic heterocycles. The van der Waals surface area contributed by atoms with Crippen molar-refractivity contribution in [2.45, 2.75) is 45.4 Å². The van der Waals surface area contributed by atoms with Crippen LogP contribution in [0.25, 0.3) is 0 Å². The smallest absolute Gasteiger partial charge is 0.274 e. The van der Waals surface area contributed by atoms with Crippen molar-refractivity contribution in [1.29, 1.82) is 0 Å². The summed E-state index contributed by atoms with van der Waals surface area (Å²) in [5.41, 5.74) is 3.88.